The van der Waals surface area contributed by atoms with Crippen LogP contribution in [0.4, 0.5) is 0 Å². The first-order valence-corrected chi connectivity index (χ1v) is 7.24. The van der Waals surface area contributed by atoms with Crippen molar-refractivity contribution in [3.8, 4) is 0 Å². The molecule has 0 aromatic carbocycles. The second-order valence-electron chi connectivity index (χ2n) is 4.72. The Kier molecular flexibility index (Phi) is 3.54. The molecule has 0 N–H and O–H groups in total. The van der Waals surface area contributed by atoms with Crippen molar-refractivity contribution in [2.75, 3.05) is 13.7 Å². The minimum absolute atomic E-state index is 0.00359. The molecule has 7 heteroatoms. The van der Waals surface area contributed by atoms with E-state index < -0.39 is 0 Å². The summed E-state index contributed by atoms with van der Waals surface area (Å²) in [5.74, 6) is 1.04. The fourth-order valence-electron chi connectivity index (χ4n) is 2.42. The van der Waals surface area contributed by atoms with Crippen LogP contribution in [-0.2, 0) is 4.74 Å². The van der Waals surface area contributed by atoms with E-state index in [1.165, 1.54) is 11.3 Å². The van der Waals surface area contributed by atoms with Crippen molar-refractivity contribution in [2.45, 2.75) is 25.5 Å². The Hall–Kier alpha value is -1.73. The van der Waals surface area contributed by atoms with Crippen LogP contribution in [0.2, 0.25) is 0 Å². The molecular weight excluding hydrogens is 278 g/mol. The molecule has 1 fully saturated rings. The molecule has 0 bridgehead atoms. The van der Waals surface area contributed by atoms with Crippen molar-refractivity contribution >= 4 is 17.2 Å². The number of aryl methyl sites for hydroxylation is 1. The van der Waals surface area contributed by atoms with Gasteiger partial charge >= 0.3 is 0 Å². The normalized spacial score (nSPS) is 22.4. The summed E-state index contributed by atoms with van der Waals surface area (Å²) in [5.41, 5.74) is 0. The number of aromatic nitrogens is 2. The lowest BCUT2D eigenvalue weighted by molar-refractivity contribution is 0.0675. The molecule has 1 saturated heterocycles. The van der Waals surface area contributed by atoms with Crippen LogP contribution in [-0.4, -0.2) is 40.7 Å². The van der Waals surface area contributed by atoms with Crippen LogP contribution in [0.25, 0.3) is 0 Å². The second kappa shape index (κ2) is 5.34. The highest BCUT2D eigenvalue weighted by molar-refractivity contribution is 7.12. The molecule has 106 valence electrons. The SMILES string of the molecule is CO[C@@H]1C[C@H](c2nc(C)no2)N(C(=O)c2cccs2)C1. The third-order valence-electron chi connectivity index (χ3n) is 3.42. The summed E-state index contributed by atoms with van der Waals surface area (Å²) in [6.07, 6.45) is 0.672. The Labute approximate surface area is 120 Å². The fraction of sp³-hybridized carbons (Fsp3) is 0.462. The standard InChI is InChI=1S/C13H15N3O3S/c1-8-14-12(19-15-8)10-6-9(18-2)7-16(10)13(17)11-4-3-5-20-11/h3-5,9-10H,6-7H2,1-2H3/t9-,10-/m1/s1. The number of likely N-dealkylation sites (tertiary alicyclic amines) is 1. The van der Waals surface area contributed by atoms with E-state index in [-0.39, 0.29) is 18.1 Å². The predicted octanol–water partition coefficient (Wildman–Crippen LogP) is 2.04. The number of amides is 1. The number of ether oxygens (including phenoxy) is 1. The molecular formula is C13H15N3O3S. The quantitative estimate of drug-likeness (QED) is 0.866. The topological polar surface area (TPSA) is 68.5 Å². The number of methoxy groups -OCH3 is 1. The van der Waals surface area contributed by atoms with Crippen molar-refractivity contribution < 1.29 is 14.1 Å². The van der Waals surface area contributed by atoms with Crippen molar-refractivity contribution in [3.05, 3.63) is 34.1 Å². The van der Waals surface area contributed by atoms with Crippen LogP contribution in [0.3, 0.4) is 0 Å². The first kappa shape index (κ1) is 13.3. The lowest BCUT2D eigenvalue weighted by atomic mass is 10.2. The molecule has 0 radical (unpaired) electrons. The van der Waals surface area contributed by atoms with E-state index in [4.69, 9.17) is 9.26 Å². The van der Waals surface area contributed by atoms with E-state index in [0.29, 0.717) is 29.6 Å². The smallest absolute Gasteiger partial charge is 0.264 e. The number of nitrogens with zero attached hydrogens (tertiary/aromatic N) is 3. The summed E-state index contributed by atoms with van der Waals surface area (Å²) in [7, 11) is 1.65. The molecule has 0 aliphatic carbocycles. The molecule has 0 saturated carbocycles. The molecule has 2 aromatic heterocycles. The highest BCUT2D eigenvalue weighted by atomic mass is 32.1. The van der Waals surface area contributed by atoms with E-state index in [9.17, 15) is 4.79 Å². The number of carbonyl (C=O) groups excluding carboxylic acids is 1. The first-order valence-electron chi connectivity index (χ1n) is 6.36. The van der Waals surface area contributed by atoms with Crippen molar-refractivity contribution in [3.63, 3.8) is 0 Å². The maximum absolute atomic E-state index is 12.6. The monoisotopic (exact) mass is 293 g/mol. The average molecular weight is 293 g/mol. The van der Waals surface area contributed by atoms with Crippen molar-refractivity contribution in [1.29, 1.82) is 0 Å². The van der Waals surface area contributed by atoms with Gasteiger partial charge in [0.1, 0.15) is 6.04 Å². The number of hydrogen-bond acceptors (Lipinski definition) is 6. The third kappa shape index (κ3) is 2.34. The molecule has 20 heavy (non-hydrogen) atoms. The third-order valence-corrected chi connectivity index (χ3v) is 4.28. The largest absolute Gasteiger partial charge is 0.380 e. The van der Waals surface area contributed by atoms with Gasteiger partial charge in [0.05, 0.1) is 11.0 Å². The minimum Gasteiger partial charge on any atom is -0.380 e. The van der Waals surface area contributed by atoms with Gasteiger partial charge in [0.15, 0.2) is 5.82 Å². The van der Waals surface area contributed by atoms with Gasteiger partial charge in [-0.1, -0.05) is 11.2 Å². The number of hydrogen-bond donors (Lipinski definition) is 0. The Morgan fingerprint density at radius 1 is 1.60 bits per heavy atom. The van der Waals surface area contributed by atoms with Crippen LogP contribution in [0.15, 0.2) is 22.0 Å². The average Bonchev–Trinajstić information content (AvgIpc) is 3.17. The van der Waals surface area contributed by atoms with Gasteiger partial charge in [0, 0.05) is 20.1 Å². The molecule has 6 nitrogen and oxygen atoms in total. The van der Waals surface area contributed by atoms with Crippen LogP contribution < -0.4 is 0 Å². The van der Waals surface area contributed by atoms with Crippen LogP contribution in [0.5, 0.6) is 0 Å². The van der Waals surface area contributed by atoms with Crippen LogP contribution in [0, 0.1) is 6.92 Å². The second-order valence-corrected chi connectivity index (χ2v) is 5.67. The summed E-state index contributed by atoms with van der Waals surface area (Å²) in [6.45, 7) is 2.31. The Balaban J connectivity index is 1.88. The summed E-state index contributed by atoms with van der Waals surface area (Å²) in [4.78, 5) is 19.3. The summed E-state index contributed by atoms with van der Waals surface area (Å²) in [5, 5.41) is 5.70. The van der Waals surface area contributed by atoms with E-state index in [0.717, 1.165) is 0 Å². The highest BCUT2D eigenvalue weighted by Gasteiger charge is 2.40. The summed E-state index contributed by atoms with van der Waals surface area (Å²) in [6, 6.07) is 3.48. The molecule has 2 aromatic rings. The predicted molar refractivity (Wildman–Crippen MR) is 72.5 cm³/mol. The summed E-state index contributed by atoms with van der Waals surface area (Å²) < 4.78 is 10.6. The van der Waals surface area contributed by atoms with Gasteiger partial charge < -0.3 is 14.2 Å². The van der Waals surface area contributed by atoms with Gasteiger partial charge in [-0.15, -0.1) is 11.3 Å². The van der Waals surface area contributed by atoms with Gasteiger partial charge in [-0.25, -0.2) is 0 Å². The highest BCUT2D eigenvalue weighted by Crippen LogP contribution is 2.34. The zero-order chi connectivity index (χ0) is 14.1. The van der Waals surface area contributed by atoms with Crippen molar-refractivity contribution in [1.82, 2.24) is 15.0 Å². The van der Waals surface area contributed by atoms with Gasteiger partial charge in [0.25, 0.3) is 5.91 Å². The zero-order valence-electron chi connectivity index (χ0n) is 11.3. The Bertz CT molecular complexity index is 596. The fourth-order valence-corrected chi connectivity index (χ4v) is 3.10. The van der Waals surface area contributed by atoms with Gasteiger partial charge in [-0.3, -0.25) is 4.79 Å². The molecule has 3 rings (SSSR count). The number of carbonyl (C=O) groups is 1. The Morgan fingerprint density at radius 3 is 3.05 bits per heavy atom. The molecule has 3 heterocycles. The van der Waals surface area contributed by atoms with Crippen LogP contribution >= 0.6 is 11.3 Å². The van der Waals surface area contributed by atoms with E-state index in [1.54, 1.807) is 18.9 Å². The van der Waals surface area contributed by atoms with Crippen LogP contribution in [0.1, 0.15) is 33.8 Å². The lowest BCUT2D eigenvalue weighted by Gasteiger charge is -2.20. The first-order chi connectivity index (χ1) is 9.69. The molecule has 0 unspecified atom stereocenters. The minimum atomic E-state index is -0.212. The zero-order valence-corrected chi connectivity index (χ0v) is 12.1. The van der Waals surface area contributed by atoms with Gasteiger partial charge in [-0.2, -0.15) is 4.98 Å². The molecule has 0 spiro atoms. The van der Waals surface area contributed by atoms with Crippen molar-refractivity contribution in [2.24, 2.45) is 0 Å². The molecule has 1 aliphatic heterocycles. The van der Waals surface area contributed by atoms with E-state index in [1.807, 2.05) is 17.5 Å². The van der Waals surface area contributed by atoms with E-state index in [2.05, 4.69) is 10.1 Å². The maximum Gasteiger partial charge on any atom is 0.264 e. The number of rotatable bonds is 3. The molecule has 2 atom stereocenters. The maximum atomic E-state index is 12.6. The molecule has 1 aliphatic rings. The van der Waals surface area contributed by atoms with E-state index >= 15 is 0 Å². The van der Waals surface area contributed by atoms with Gasteiger partial charge in [-0.05, 0) is 18.4 Å². The lowest BCUT2D eigenvalue weighted by Crippen LogP contribution is -2.31. The van der Waals surface area contributed by atoms with Gasteiger partial charge in [0.2, 0.25) is 5.89 Å². The summed E-state index contributed by atoms with van der Waals surface area (Å²) >= 11 is 1.43. The Morgan fingerprint density at radius 2 is 2.45 bits per heavy atom. The molecule has 1 amide bonds. The number of thiophene rings is 1.